The van der Waals surface area contributed by atoms with E-state index >= 15 is 0 Å². The van der Waals surface area contributed by atoms with Crippen LogP contribution in [0.15, 0.2) is 72.9 Å². The van der Waals surface area contributed by atoms with E-state index in [0.717, 1.165) is 17.3 Å². The molecule has 0 spiro atoms. The number of aromatic hydroxyl groups is 2. The van der Waals surface area contributed by atoms with Gasteiger partial charge in [-0.1, -0.05) is 36.4 Å². The lowest BCUT2D eigenvalue weighted by atomic mass is 10.0. The number of aromatic nitrogens is 2. The molecule has 0 aliphatic rings. The number of phenols is 2. The molecule has 0 unspecified atom stereocenters. The normalized spacial score (nSPS) is 10.7. The topological polar surface area (TPSA) is 131 Å². The van der Waals surface area contributed by atoms with E-state index in [1.807, 2.05) is 31.2 Å². The average molecular weight is 487 g/mol. The highest BCUT2D eigenvalue weighted by Gasteiger charge is 2.22. The first-order valence-corrected chi connectivity index (χ1v) is 11.2. The first-order valence-electron chi connectivity index (χ1n) is 11.2. The summed E-state index contributed by atoms with van der Waals surface area (Å²) in [4.78, 5) is 25.8. The van der Waals surface area contributed by atoms with Gasteiger partial charge in [-0.3, -0.25) is 9.59 Å². The lowest BCUT2D eigenvalue weighted by molar-refractivity contribution is -0.119. The number of para-hydroxylation sites is 2. The number of hydrogen-bond acceptors (Lipinski definition) is 6. The zero-order valence-electron chi connectivity index (χ0n) is 19.9. The number of carbonyl (C=O) groups is 2. The largest absolute Gasteiger partial charge is 0.507 e. The quantitative estimate of drug-likeness (QED) is 0.350. The van der Waals surface area contributed by atoms with Crippen LogP contribution >= 0.6 is 0 Å². The van der Waals surface area contributed by atoms with Gasteiger partial charge in [0.05, 0.1) is 23.1 Å². The first kappa shape index (κ1) is 24.3. The molecule has 4 N–H and O–H groups in total. The van der Waals surface area contributed by atoms with Crippen molar-refractivity contribution in [1.82, 2.24) is 14.7 Å². The van der Waals surface area contributed by atoms with Gasteiger partial charge in [0.2, 0.25) is 0 Å². The molecule has 0 radical (unpaired) electrons. The Morgan fingerprint density at radius 3 is 2.50 bits per heavy atom. The van der Waals surface area contributed by atoms with E-state index < -0.39 is 11.8 Å². The van der Waals surface area contributed by atoms with Crippen molar-refractivity contribution in [2.75, 3.05) is 13.7 Å². The van der Waals surface area contributed by atoms with E-state index in [9.17, 15) is 19.8 Å². The summed E-state index contributed by atoms with van der Waals surface area (Å²) in [6, 6.07) is 19.0. The highest BCUT2D eigenvalue weighted by Crippen LogP contribution is 2.36. The van der Waals surface area contributed by atoms with Crippen molar-refractivity contribution < 1.29 is 24.5 Å². The third-order valence-corrected chi connectivity index (χ3v) is 5.70. The molecule has 0 bridgehead atoms. The summed E-state index contributed by atoms with van der Waals surface area (Å²) in [5.41, 5.74) is 8.55. The molecule has 3 aromatic carbocycles. The molecule has 1 aromatic heterocycles. The van der Waals surface area contributed by atoms with E-state index in [0.29, 0.717) is 22.6 Å². The summed E-state index contributed by atoms with van der Waals surface area (Å²) in [6.07, 6.45) is 1.60. The number of primary amides is 1. The smallest absolute Gasteiger partial charge is 0.257 e. The zero-order valence-corrected chi connectivity index (χ0v) is 19.9. The maximum absolute atomic E-state index is 13.3. The minimum atomic E-state index is -0.610. The number of nitrogens with two attached hydrogens (primary N) is 1. The fourth-order valence-electron chi connectivity index (χ4n) is 3.91. The summed E-state index contributed by atoms with van der Waals surface area (Å²) in [7, 11) is 1.58. The molecule has 0 atom stereocenters. The number of rotatable bonds is 8. The molecule has 0 saturated carbocycles. The molecule has 4 rings (SSSR count). The van der Waals surface area contributed by atoms with Gasteiger partial charge in [0.25, 0.3) is 11.8 Å². The molecule has 4 aromatic rings. The molecule has 184 valence electrons. The SMILES string of the molecule is Cc1ccccc1-n1nccc1-c1cc(C(=O)N(C)Cc2ccccc2OCC(N)=O)c(O)cc1O. The second kappa shape index (κ2) is 10.2. The summed E-state index contributed by atoms with van der Waals surface area (Å²) in [6.45, 7) is 1.81. The number of ether oxygens (including phenoxy) is 1. The number of amides is 2. The number of nitrogens with zero attached hydrogens (tertiary/aromatic N) is 3. The van der Waals surface area contributed by atoms with Crippen LogP contribution in [0.5, 0.6) is 17.2 Å². The van der Waals surface area contributed by atoms with Crippen molar-refractivity contribution in [2.24, 2.45) is 5.73 Å². The van der Waals surface area contributed by atoms with E-state index in [2.05, 4.69) is 5.10 Å². The Kier molecular flexibility index (Phi) is 6.91. The van der Waals surface area contributed by atoms with E-state index in [-0.39, 0.29) is 30.2 Å². The molecule has 0 saturated heterocycles. The number of carbonyl (C=O) groups excluding carboxylic acids is 2. The maximum atomic E-state index is 13.3. The van der Waals surface area contributed by atoms with Gasteiger partial charge in [0.1, 0.15) is 17.2 Å². The zero-order chi connectivity index (χ0) is 25.8. The second-order valence-corrected chi connectivity index (χ2v) is 8.33. The highest BCUT2D eigenvalue weighted by atomic mass is 16.5. The van der Waals surface area contributed by atoms with Gasteiger partial charge in [-0.15, -0.1) is 0 Å². The molecule has 0 aliphatic carbocycles. The van der Waals surface area contributed by atoms with Crippen LogP contribution in [0, 0.1) is 6.92 Å². The van der Waals surface area contributed by atoms with Crippen molar-refractivity contribution >= 4 is 11.8 Å². The van der Waals surface area contributed by atoms with Crippen molar-refractivity contribution in [3.63, 3.8) is 0 Å². The van der Waals surface area contributed by atoms with Crippen molar-refractivity contribution in [3.05, 3.63) is 89.6 Å². The summed E-state index contributed by atoms with van der Waals surface area (Å²) in [5.74, 6) is -1.20. The third-order valence-electron chi connectivity index (χ3n) is 5.70. The Morgan fingerprint density at radius 2 is 1.75 bits per heavy atom. The Balaban J connectivity index is 1.66. The molecule has 9 heteroatoms. The average Bonchev–Trinajstić information content (AvgIpc) is 3.32. The van der Waals surface area contributed by atoms with Gasteiger partial charge >= 0.3 is 0 Å². The minimum absolute atomic E-state index is 0.0124. The Morgan fingerprint density at radius 1 is 1.03 bits per heavy atom. The van der Waals surface area contributed by atoms with Crippen molar-refractivity contribution in [1.29, 1.82) is 0 Å². The highest BCUT2D eigenvalue weighted by molar-refractivity contribution is 5.98. The lowest BCUT2D eigenvalue weighted by Gasteiger charge is -2.20. The van der Waals surface area contributed by atoms with E-state index in [1.165, 1.54) is 11.0 Å². The Bertz CT molecular complexity index is 1430. The number of benzene rings is 3. The van der Waals surface area contributed by atoms with Gasteiger partial charge < -0.3 is 25.6 Å². The van der Waals surface area contributed by atoms with E-state index in [4.69, 9.17) is 10.5 Å². The predicted molar refractivity (Wildman–Crippen MR) is 134 cm³/mol. The van der Waals surface area contributed by atoms with Crippen molar-refractivity contribution in [2.45, 2.75) is 13.5 Å². The summed E-state index contributed by atoms with van der Waals surface area (Å²) >= 11 is 0. The van der Waals surface area contributed by atoms with Crippen LogP contribution in [-0.2, 0) is 11.3 Å². The first-order chi connectivity index (χ1) is 17.3. The molecule has 2 amide bonds. The van der Waals surface area contributed by atoms with E-state index in [1.54, 1.807) is 48.3 Å². The molecule has 0 fully saturated rings. The van der Waals surface area contributed by atoms with Crippen LogP contribution in [0.1, 0.15) is 21.5 Å². The van der Waals surface area contributed by atoms with Gasteiger partial charge in [0.15, 0.2) is 6.61 Å². The van der Waals surface area contributed by atoms with Gasteiger partial charge in [-0.2, -0.15) is 5.10 Å². The van der Waals surface area contributed by atoms with Crippen LogP contribution in [0.2, 0.25) is 0 Å². The Labute approximate surface area is 208 Å². The molecular weight excluding hydrogens is 460 g/mol. The third kappa shape index (κ3) is 5.00. The molecule has 36 heavy (non-hydrogen) atoms. The van der Waals surface area contributed by atoms with Gasteiger partial charge in [-0.05, 0) is 36.8 Å². The second-order valence-electron chi connectivity index (χ2n) is 8.33. The standard InChI is InChI=1S/C27H26N4O5/c1-17-7-3-5-9-21(17)31-22(11-12-29-31)19-13-20(24(33)14-23(19)32)27(35)30(2)15-18-8-4-6-10-25(18)36-16-26(28)34/h3-14,32-33H,15-16H2,1-2H3,(H2,28,34). The summed E-state index contributed by atoms with van der Waals surface area (Å²) in [5, 5.41) is 25.6. The Hall–Kier alpha value is -4.79. The lowest BCUT2D eigenvalue weighted by Crippen LogP contribution is -2.27. The monoisotopic (exact) mass is 486 g/mol. The fourth-order valence-corrected chi connectivity index (χ4v) is 3.91. The molecule has 1 heterocycles. The molecular formula is C27H26N4O5. The van der Waals surface area contributed by atoms with Crippen molar-refractivity contribution in [3.8, 4) is 34.2 Å². The van der Waals surface area contributed by atoms with Gasteiger partial charge in [0, 0.05) is 30.8 Å². The minimum Gasteiger partial charge on any atom is -0.507 e. The van der Waals surface area contributed by atoms with Crippen LogP contribution in [-0.4, -0.2) is 50.4 Å². The maximum Gasteiger partial charge on any atom is 0.257 e. The number of phenolic OH excluding ortho intramolecular Hbond substituents is 2. The number of hydrogen-bond donors (Lipinski definition) is 3. The van der Waals surface area contributed by atoms with Crippen LogP contribution < -0.4 is 10.5 Å². The van der Waals surface area contributed by atoms with Crippen LogP contribution in [0.4, 0.5) is 0 Å². The number of aryl methyl sites for hydroxylation is 1. The van der Waals surface area contributed by atoms with Gasteiger partial charge in [-0.25, -0.2) is 4.68 Å². The van der Waals surface area contributed by atoms with Crippen LogP contribution in [0.25, 0.3) is 16.9 Å². The predicted octanol–water partition coefficient (Wildman–Crippen LogP) is 3.40. The molecule has 0 aliphatic heterocycles. The molecule has 9 nitrogen and oxygen atoms in total. The fraction of sp³-hybridized carbons (Fsp3) is 0.148. The summed E-state index contributed by atoms with van der Waals surface area (Å²) < 4.78 is 7.12. The van der Waals surface area contributed by atoms with Crippen LogP contribution in [0.3, 0.4) is 0 Å².